The summed E-state index contributed by atoms with van der Waals surface area (Å²) in [6.07, 6.45) is 0. The highest BCUT2D eigenvalue weighted by Crippen LogP contribution is 2.24. The number of halogens is 1. The lowest BCUT2D eigenvalue weighted by Gasteiger charge is -2.26. The number of nitrogens with one attached hydrogen (secondary N) is 1. The van der Waals surface area contributed by atoms with E-state index in [-0.39, 0.29) is 0 Å². The number of para-hydroxylation sites is 1. The molecule has 0 bridgehead atoms. The molecule has 0 saturated heterocycles. The fourth-order valence-corrected chi connectivity index (χ4v) is 2.70. The van der Waals surface area contributed by atoms with E-state index in [0.29, 0.717) is 6.04 Å². The van der Waals surface area contributed by atoms with Gasteiger partial charge in [-0.15, -0.1) is 0 Å². The molecule has 2 rings (SSSR count). The highest BCUT2D eigenvalue weighted by atomic mass is 35.5. The molecule has 2 aromatic rings. The molecule has 0 spiro atoms. The van der Waals surface area contributed by atoms with Crippen molar-refractivity contribution >= 4 is 17.3 Å². The molecular weight excluding hydrogens is 280 g/mol. The van der Waals surface area contributed by atoms with Crippen molar-refractivity contribution in [2.75, 3.05) is 26.0 Å². The third kappa shape index (κ3) is 3.99. The molecule has 0 aliphatic carbocycles. The zero-order chi connectivity index (χ0) is 15.4. The monoisotopic (exact) mass is 302 g/mol. The van der Waals surface area contributed by atoms with Gasteiger partial charge < -0.3 is 10.2 Å². The first-order valence-corrected chi connectivity index (χ1v) is 7.59. The smallest absolute Gasteiger partial charge is 0.0515 e. The Morgan fingerprint density at radius 1 is 1.00 bits per heavy atom. The topological polar surface area (TPSA) is 15.3 Å². The van der Waals surface area contributed by atoms with E-state index in [4.69, 9.17) is 11.6 Å². The second-order valence-corrected chi connectivity index (χ2v) is 6.12. The van der Waals surface area contributed by atoms with Gasteiger partial charge in [-0.3, -0.25) is 0 Å². The third-order valence-corrected chi connectivity index (χ3v) is 4.08. The second kappa shape index (κ2) is 6.97. The van der Waals surface area contributed by atoms with Crippen LogP contribution >= 0.6 is 11.6 Å². The van der Waals surface area contributed by atoms with E-state index >= 15 is 0 Å². The first kappa shape index (κ1) is 15.9. The summed E-state index contributed by atoms with van der Waals surface area (Å²) in [7, 11) is 4.21. The normalized spacial score (nSPS) is 12.5. The van der Waals surface area contributed by atoms with E-state index in [2.05, 4.69) is 68.5 Å². The number of hydrogen-bond acceptors (Lipinski definition) is 2. The van der Waals surface area contributed by atoms with Gasteiger partial charge in [-0.25, -0.2) is 0 Å². The fraction of sp³-hybridized carbons (Fsp3) is 0.333. The number of hydrogen-bond donors (Lipinski definition) is 1. The Morgan fingerprint density at radius 3 is 2.10 bits per heavy atom. The van der Waals surface area contributed by atoms with E-state index in [0.717, 1.165) is 11.6 Å². The molecular formula is C18H23ClN2. The van der Waals surface area contributed by atoms with Crippen molar-refractivity contribution in [2.24, 2.45) is 0 Å². The lowest BCUT2D eigenvalue weighted by atomic mass is 10.0. The van der Waals surface area contributed by atoms with Gasteiger partial charge >= 0.3 is 0 Å². The highest BCUT2D eigenvalue weighted by molar-refractivity contribution is 6.30. The van der Waals surface area contributed by atoms with E-state index in [1.54, 1.807) is 0 Å². The van der Waals surface area contributed by atoms with Crippen LogP contribution in [0.3, 0.4) is 0 Å². The maximum atomic E-state index is 5.98. The number of likely N-dealkylation sites (N-methyl/N-ethyl adjacent to an activating group) is 1. The van der Waals surface area contributed by atoms with Gasteiger partial charge in [0, 0.05) is 17.3 Å². The van der Waals surface area contributed by atoms with Crippen molar-refractivity contribution in [1.29, 1.82) is 0 Å². The summed E-state index contributed by atoms with van der Waals surface area (Å²) in [5.74, 6) is 0. The van der Waals surface area contributed by atoms with Gasteiger partial charge in [0.05, 0.1) is 6.04 Å². The summed E-state index contributed by atoms with van der Waals surface area (Å²) in [6, 6.07) is 14.8. The zero-order valence-electron chi connectivity index (χ0n) is 13.2. The molecule has 2 nitrogen and oxygen atoms in total. The summed E-state index contributed by atoms with van der Waals surface area (Å²) < 4.78 is 0. The maximum Gasteiger partial charge on any atom is 0.0515 e. The molecule has 0 amide bonds. The van der Waals surface area contributed by atoms with Crippen LogP contribution in [0.25, 0.3) is 0 Å². The van der Waals surface area contributed by atoms with Gasteiger partial charge in [0.15, 0.2) is 0 Å². The van der Waals surface area contributed by atoms with Crippen LogP contribution in [0, 0.1) is 13.8 Å². The summed E-state index contributed by atoms with van der Waals surface area (Å²) in [5.41, 5.74) is 5.06. The molecule has 21 heavy (non-hydrogen) atoms. The minimum Gasteiger partial charge on any atom is -0.383 e. The molecule has 0 aromatic heterocycles. The van der Waals surface area contributed by atoms with E-state index in [1.165, 1.54) is 22.4 Å². The van der Waals surface area contributed by atoms with Crippen molar-refractivity contribution in [1.82, 2.24) is 4.90 Å². The van der Waals surface area contributed by atoms with Crippen molar-refractivity contribution in [3.63, 3.8) is 0 Å². The predicted octanol–water partition coefficient (Wildman–Crippen LogP) is 4.67. The van der Waals surface area contributed by atoms with E-state index in [9.17, 15) is 0 Å². The zero-order valence-corrected chi connectivity index (χ0v) is 13.9. The van der Waals surface area contributed by atoms with Crippen LogP contribution in [-0.4, -0.2) is 25.5 Å². The average molecular weight is 303 g/mol. The number of benzene rings is 2. The Kier molecular flexibility index (Phi) is 5.27. The number of aryl methyl sites for hydroxylation is 2. The SMILES string of the molecule is Cc1cccc(C)c1NCC(c1ccc(Cl)cc1)N(C)C. The second-order valence-electron chi connectivity index (χ2n) is 5.68. The van der Waals surface area contributed by atoms with Crippen LogP contribution in [0.4, 0.5) is 5.69 Å². The van der Waals surface area contributed by atoms with Gasteiger partial charge in [-0.1, -0.05) is 41.9 Å². The molecule has 2 aromatic carbocycles. The maximum absolute atomic E-state index is 5.98. The minimum absolute atomic E-state index is 0.307. The molecule has 0 aliphatic rings. The van der Waals surface area contributed by atoms with Gasteiger partial charge in [-0.2, -0.15) is 0 Å². The Hall–Kier alpha value is -1.51. The summed E-state index contributed by atoms with van der Waals surface area (Å²) >= 11 is 5.98. The molecule has 3 heteroatoms. The Labute approximate surface area is 132 Å². The Balaban J connectivity index is 2.16. The minimum atomic E-state index is 0.307. The summed E-state index contributed by atoms with van der Waals surface area (Å²) in [6.45, 7) is 5.14. The number of anilines is 1. The van der Waals surface area contributed by atoms with Gasteiger partial charge in [-0.05, 0) is 56.8 Å². The van der Waals surface area contributed by atoms with Crippen molar-refractivity contribution < 1.29 is 0 Å². The van der Waals surface area contributed by atoms with E-state index < -0.39 is 0 Å². The molecule has 1 unspecified atom stereocenters. The molecule has 1 N–H and O–H groups in total. The Morgan fingerprint density at radius 2 is 1.57 bits per heavy atom. The fourth-order valence-electron chi connectivity index (χ4n) is 2.58. The van der Waals surface area contributed by atoms with E-state index in [1.807, 2.05) is 12.1 Å². The molecule has 0 fully saturated rings. The quantitative estimate of drug-likeness (QED) is 0.863. The highest BCUT2D eigenvalue weighted by Gasteiger charge is 2.14. The van der Waals surface area contributed by atoms with Gasteiger partial charge in [0.25, 0.3) is 0 Å². The number of rotatable bonds is 5. The Bertz CT molecular complexity index is 570. The van der Waals surface area contributed by atoms with Crippen LogP contribution < -0.4 is 5.32 Å². The van der Waals surface area contributed by atoms with Crippen LogP contribution in [0.5, 0.6) is 0 Å². The lowest BCUT2D eigenvalue weighted by molar-refractivity contribution is 0.312. The van der Waals surface area contributed by atoms with Crippen molar-refractivity contribution in [3.8, 4) is 0 Å². The van der Waals surface area contributed by atoms with Crippen LogP contribution in [0.1, 0.15) is 22.7 Å². The number of nitrogens with zero attached hydrogens (tertiary/aromatic N) is 1. The lowest BCUT2D eigenvalue weighted by Crippen LogP contribution is -2.27. The van der Waals surface area contributed by atoms with Gasteiger partial charge in [0.1, 0.15) is 0 Å². The van der Waals surface area contributed by atoms with Crippen LogP contribution in [-0.2, 0) is 0 Å². The first-order valence-electron chi connectivity index (χ1n) is 7.21. The standard InChI is InChI=1S/C18H23ClN2/c1-13-6-5-7-14(2)18(13)20-12-17(21(3)4)15-8-10-16(19)11-9-15/h5-11,17,20H,12H2,1-4H3. The average Bonchev–Trinajstić information content (AvgIpc) is 2.43. The molecule has 1 atom stereocenters. The molecule has 0 saturated carbocycles. The predicted molar refractivity (Wildman–Crippen MR) is 92.3 cm³/mol. The molecule has 0 heterocycles. The molecule has 0 aliphatic heterocycles. The van der Waals surface area contributed by atoms with Crippen molar-refractivity contribution in [2.45, 2.75) is 19.9 Å². The molecule has 0 radical (unpaired) electrons. The summed E-state index contributed by atoms with van der Waals surface area (Å²) in [5, 5.41) is 4.38. The van der Waals surface area contributed by atoms with Crippen molar-refractivity contribution in [3.05, 3.63) is 64.2 Å². The summed E-state index contributed by atoms with van der Waals surface area (Å²) in [4.78, 5) is 2.23. The molecule has 112 valence electrons. The van der Waals surface area contributed by atoms with Crippen LogP contribution in [0.2, 0.25) is 5.02 Å². The largest absolute Gasteiger partial charge is 0.383 e. The third-order valence-electron chi connectivity index (χ3n) is 3.83. The first-order chi connectivity index (χ1) is 9.99. The van der Waals surface area contributed by atoms with Crippen LogP contribution in [0.15, 0.2) is 42.5 Å². The van der Waals surface area contributed by atoms with Gasteiger partial charge in [0.2, 0.25) is 0 Å².